The summed E-state index contributed by atoms with van der Waals surface area (Å²) in [5.41, 5.74) is 1.13. The molecule has 4 rings (SSSR count). The minimum absolute atomic E-state index is 0.0769. The molecule has 138 valence electrons. The lowest BCUT2D eigenvalue weighted by Crippen LogP contribution is -2.55. The highest BCUT2D eigenvalue weighted by molar-refractivity contribution is 5.87. The maximum atomic E-state index is 12.5. The van der Waals surface area contributed by atoms with E-state index in [1.54, 1.807) is 0 Å². The molecule has 0 aliphatic heterocycles. The van der Waals surface area contributed by atoms with Gasteiger partial charge in [0.05, 0.1) is 6.10 Å². The van der Waals surface area contributed by atoms with Gasteiger partial charge in [-0.2, -0.15) is 0 Å². The average Bonchev–Trinajstić information content (AvgIpc) is 2.84. The Morgan fingerprint density at radius 1 is 1.16 bits per heavy atom. The van der Waals surface area contributed by atoms with Gasteiger partial charge in [0, 0.05) is 18.8 Å². The Morgan fingerprint density at radius 3 is 2.56 bits per heavy atom. The van der Waals surface area contributed by atoms with Gasteiger partial charge in [0.15, 0.2) is 0 Å². The molecule has 25 heavy (non-hydrogen) atoms. The maximum Gasteiger partial charge on any atom is 0.303 e. The van der Waals surface area contributed by atoms with Crippen LogP contribution in [-0.2, 0) is 14.3 Å². The second kappa shape index (κ2) is 5.67. The molecule has 0 spiro atoms. The molecule has 1 N–H and O–H groups in total. The molecule has 0 amide bonds. The fraction of sp³-hybridized carbons (Fsp3) is 0.810. The van der Waals surface area contributed by atoms with E-state index < -0.39 is 0 Å². The van der Waals surface area contributed by atoms with E-state index in [0.29, 0.717) is 30.5 Å². The largest absolute Gasteiger partial charge is 0.458 e. The van der Waals surface area contributed by atoms with Crippen molar-refractivity contribution >= 4 is 11.8 Å². The molecule has 0 radical (unpaired) electrons. The lowest BCUT2D eigenvalue weighted by atomic mass is 9.46. The lowest BCUT2D eigenvalue weighted by Gasteiger charge is -2.58. The molecule has 1 unspecified atom stereocenters. The van der Waals surface area contributed by atoms with Gasteiger partial charge in [-0.05, 0) is 67.8 Å². The Balaban J connectivity index is 1.66. The number of hydrogen-bond donors (Lipinski definition) is 1. The molecule has 0 heterocycles. The number of Topliss-reactive ketones (excluding diaryl/α,β-unsaturated/α-hetero) is 1. The molecule has 0 bridgehead atoms. The molecule has 4 heteroatoms. The van der Waals surface area contributed by atoms with Crippen LogP contribution < -0.4 is 0 Å². The van der Waals surface area contributed by atoms with Crippen LogP contribution in [0.3, 0.4) is 0 Å². The van der Waals surface area contributed by atoms with Gasteiger partial charge in [0.25, 0.3) is 0 Å². The summed E-state index contributed by atoms with van der Waals surface area (Å²) in [6, 6.07) is 0. The number of ether oxygens (including phenoxy) is 1. The van der Waals surface area contributed by atoms with E-state index >= 15 is 0 Å². The third kappa shape index (κ3) is 2.43. The second-order valence-corrected chi connectivity index (χ2v) is 9.28. The van der Waals surface area contributed by atoms with Gasteiger partial charge in [-0.3, -0.25) is 9.59 Å². The summed E-state index contributed by atoms with van der Waals surface area (Å²) in [6.45, 7) is 5.93. The number of aliphatic hydroxyl groups excluding tert-OH is 1. The highest BCUT2D eigenvalue weighted by atomic mass is 16.5. The van der Waals surface area contributed by atoms with Crippen LogP contribution in [-0.4, -0.2) is 29.1 Å². The Kier molecular flexibility index (Phi) is 3.91. The fourth-order valence-electron chi connectivity index (χ4n) is 6.74. The van der Waals surface area contributed by atoms with Crippen molar-refractivity contribution in [1.82, 2.24) is 0 Å². The van der Waals surface area contributed by atoms with Crippen LogP contribution in [0, 0.1) is 28.6 Å². The van der Waals surface area contributed by atoms with Crippen LogP contribution in [0.2, 0.25) is 0 Å². The molecule has 0 aromatic heterocycles. The third-order valence-electron chi connectivity index (χ3n) is 8.12. The first kappa shape index (κ1) is 17.3. The first-order valence-corrected chi connectivity index (χ1v) is 9.85. The third-order valence-corrected chi connectivity index (χ3v) is 8.12. The van der Waals surface area contributed by atoms with E-state index in [1.807, 2.05) is 0 Å². The summed E-state index contributed by atoms with van der Waals surface area (Å²) in [4.78, 5) is 23.8. The van der Waals surface area contributed by atoms with Crippen molar-refractivity contribution in [2.45, 2.75) is 77.9 Å². The fourth-order valence-corrected chi connectivity index (χ4v) is 6.74. The molecule has 4 nitrogen and oxygen atoms in total. The molecule has 4 aliphatic carbocycles. The van der Waals surface area contributed by atoms with Crippen molar-refractivity contribution in [2.24, 2.45) is 28.6 Å². The first-order chi connectivity index (χ1) is 11.8. The Bertz CT molecular complexity index is 638. The first-order valence-electron chi connectivity index (χ1n) is 9.85. The van der Waals surface area contributed by atoms with Gasteiger partial charge >= 0.3 is 5.97 Å². The van der Waals surface area contributed by atoms with E-state index in [9.17, 15) is 14.7 Å². The average molecular weight is 346 g/mol. The van der Waals surface area contributed by atoms with Crippen molar-refractivity contribution in [3.05, 3.63) is 11.6 Å². The summed E-state index contributed by atoms with van der Waals surface area (Å²) in [5.74, 6) is 1.17. The van der Waals surface area contributed by atoms with Gasteiger partial charge in [-0.15, -0.1) is 0 Å². The van der Waals surface area contributed by atoms with Crippen LogP contribution in [0.15, 0.2) is 11.6 Å². The molecular formula is C21H30O4. The van der Waals surface area contributed by atoms with Gasteiger partial charge in [0.1, 0.15) is 11.9 Å². The summed E-state index contributed by atoms with van der Waals surface area (Å²) < 4.78 is 5.41. The van der Waals surface area contributed by atoms with E-state index in [1.165, 1.54) is 12.5 Å². The zero-order chi connectivity index (χ0) is 18.0. The van der Waals surface area contributed by atoms with Gasteiger partial charge in [-0.25, -0.2) is 0 Å². The van der Waals surface area contributed by atoms with Crippen LogP contribution in [0.4, 0.5) is 0 Å². The van der Waals surface area contributed by atoms with Crippen molar-refractivity contribution in [2.75, 3.05) is 0 Å². The van der Waals surface area contributed by atoms with Crippen LogP contribution >= 0.6 is 0 Å². The minimum Gasteiger partial charge on any atom is -0.458 e. The van der Waals surface area contributed by atoms with Gasteiger partial charge in [-0.1, -0.05) is 19.4 Å². The number of ketones is 1. The van der Waals surface area contributed by atoms with E-state index in [0.717, 1.165) is 32.1 Å². The predicted octanol–water partition coefficient (Wildman–Crippen LogP) is 3.42. The highest BCUT2D eigenvalue weighted by Crippen LogP contribution is 2.64. The zero-order valence-electron chi connectivity index (χ0n) is 15.6. The lowest BCUT2D eigenvalue weighted by molar-refractivity contribution is -0.146. The summed E-state index contributed by atoms with van der Waals surface area (Å²) in [7, 11) is 0. The van der Waals surface area contributed by atoms with Crippen molar-refractivity contribution in [1.29, 1.82) is 0 Å². The quantitative estimate of drug-likeness (QED) is 0.584. The SMILES string of the molecule is CC(=O)O[C@@H]1C=C2CC(O)[C@@H]3[C@H](CC[C@]4(C)C(=O)CC[C@@H]34)[C@@]2(C)CC1. The topological polar surface area (TPSA) is 63.6 Å². The molecule has 0 aromatic rings. The van der Waals surface area contributed by atoms with Gasteiger partial charge < -0.3 is 9.84 Å². The van der Waals surface area contributed by atoms with Crippen molar-refractivity contribution in [3.8, 4) is 0 Å². The number of esters is 1. The van der Waals surface area contributed by atoms with Crippen molar-refractivity contribution in [3.63, 3.8) is 0 Å². The second-order valence-electron chi connectivity index (χ2n) is 9.28. The summed E-state index contributed by atoms with van der Waals surface area (Å²) in [5, 5.41) is 11.0. The molecule has 0 aromatic carbocycles. The normalized spacial score (nSPS) is 48.9. The Labute approximate surface area is 150 Å². The maximum absolute atomic E-state index is 12.5. The molecule has 3 fully saturated rings. The van der Waals surface area contributed by atoms with Crippen LogP contribution in [0.25, 0.3) is 0 Å². The molecule has 7 atom stereocenters. The van der Waals surface area contributed by atoms with E-state index in [2.05, 4.69) is 19.9 Å². The predicted molar refractivity (Wildman–Crippen MR) is 93.7 cm³/mol. The number of fused-ring (bicyclic) bond motifs is 5. The van der Waals surface area contributed by atoms with E-state index in [-0.39, 0.29) is 34.9 Å². The monoisotopic (exact) mass is 346 g/mol. The number of carbonyl (C=O) groups excluding carboxylic acids is 2. The van der Waals surface area contributed by atoms with Crippen LogP contribution in [0.5, 0.6) is 0 Å². The number of aliphatic hydroxyl groups is 1. The highest BCUT2D eigenvalue weighted by Gasteiger charge is 2.61. The minimum atomic E-state index is -0.379. The Morgan fingerprint density at radius 2 is 1.84 bits per heavy atom. The molecule has 4 aliphatic rings. The Hall–Kier alpha value is -1.16. The van der Waals surface area contributed by atoms with Crippen LogP contribution in [0.1, 0.15) is 65.7 Å². The standard InChI is InChI=1S/C21H30O4/c1-12(22)25-14-6-8-20(2)13(10-14)11-17(23)19-15-4-5-18(24)21(15,3)9-7-16(19)20/h10,14-17,19,23H,4-9,11H2,1-3H3/t14-,15-,16-,17?,19-,20-,21-/m0/s1. The van der Waals surface area contributed by atoms with E-state index in [4.69, 9.17) is 4.74 Å². The molecule has 0 saturated heterocycles. The smallest absolute Gasteiger partial charge is 0.303 e. The van der Waals surface area contributed by atoms with Gasteiger partial charge in [0.2, 0.25) is 0 Å². The number of carbonyl (C=O) groups is 2. The molecule has 3 saturated carbocycles. The molecular weight excluding hydrogens is 316 g/mol. The number of rotatable bonds is 1. The van der Waals surface area contributed by atoms with Crippen molar-refractivity contribution < 1.29 is 19.4 Å². The zero-order valence-corrected chi connectivity index (χ0v) is 15.6. The summed E-state index contributed by atoms with van der Waals surface area (Å²) in [6.07, 6.45) is 7.72. The number of hydrogen-bond acceptors (Lipinski definition) is 4. The summed E-state index contributed by atoms with van der Waals surface area (Å²) >= 11 is 0.